The third-order valence-corrected chi connectivity index (χ3v) is 11.0. The van der Waals surface area contributed by atoms with E-state index in [1.165, 1.54) is 0 Å². The van der Waals surface area contributed by atoms with Gasteiger partial charge >= 0.3 is 0 Å². The van der Waals surface area contributed by atoms with Gasteiger partial charge in [-0.2, -0.15) is 26.3 Å². The Balaban J connectivity index is 1.31. The molecule has 13 heteroatoms. The van der Waals surface area contributed by atoms with Gasteiger partial charge in [-0.3, -0.25) is 14.3 Å². The molecule has 3 heterocycles. The third-order valence-electron chi connectivity index (χ3n) is 8.70. The molecule has 2 N–H and O–H groups in total. The number of ether oxygens (including phenoxy) is 1. The molecule has 0 aliphatic heterocycles. The molecule has 1 atom stereocenters. The minimum absolute atomic E-state index is 0.0322. The zero-order valence-electron chi connectivity index (χ0n) is 27.2. The summed E-state index contributed by atoms with van der Waals surface area (Å²) in [5.74, 6) is 0.334. The molecule has 0 aromatic carbocycles. The second kappa shape index (κ2) is 14.2. The Morgan fingerprint density at radius 3 is 2.44 bits per heavy atom. The number of pyridine rings is 1. The van der Waals surface area contributed by atoms with Crippen molar-refractivity contribution in [3.05, 3.63) is 47.4 Å². The summed E-state index contributed by atoms with van der Waals surface area (Å²) in [5, 5.41) is 14.7. The maximum atomic E-state index is 15.6. The van der Waals surface area contributed by atoms with Crippen LogP contribution in [0, 0.1) is 37.5 Å². The van der Waals surface area contributed by atoms with E-state index in [1.807, 2.05) is 20.1 Å². The fourth-order valence-electron chi connectivity index (χ4n) is 5.96. The van der Waals surface area contributed by atoms with Gasteiger partial charge in [0.25, 0.3) is 5.91 Å². The monoisotopic (exact) mass is 655 g/mol. The number of halogens is 1. The number of thioether (sulfide) groups is 1. The van der Waals surface area contributed by atoms with Crippen molar-refractivity contribution >= 4 is 37.5 Å². The van der Waals surface area contributed by atoms with Gasteiger partial charge in [-0.15, -0.1) is 0 Å². The highest BCUT2D eigenvalue weighted by atomic mass is 32.2. The Morgan fingerprint density at radius 1 is 1.11 bits per heavy atom. The average Bonchev–Trinajstić information content (AvgIpc) is 3.92. The van der Waals surface area contributed by atoms with Crippen molar-refractivity contribution < 1.29 is 18.7 Å². The highest BCUT2D eigenvalue weighted by Gasteiger charge is 2.48. The van der Waals surface area contributed by atoms with Crippen molar-refractivity contribution in [1.29, 1.82) is 0 Å². The first-order valence-electron chi connectivity index (χ1n) is 15.9. The molecule has 5 rings (SSSR count). The number of aryl methyl sites for hydroxylation is 2. The topological polar surface area (TPSA) is 116 Å². The second-order valence-electron chi connectivity index (χ2n) is 13.6. The highest BCUT2D eigenvalue weighted by molar-refractivity contribution is 7.98. The number of hydrogen-bond acceptors (Lipinski definition) is 7. The lowest BCUT2D eigenvalue weighted by Crippen LogP contribution is -2.50. The van der Waals surface area contributed by atoms with E-state index in [-0.39, 0.29) is 23.6 Å². The number of nitrogens with one attached hydrogen (secondary N) is 2. The molecule has 0 spiro atoms. The number of rotatable bonds is 16. The smallest absolute Gasteiger partial charge is 0.270 e. The van der Waals surface area contributed by atoms with Gasteiger partial charge in [0, 0.05) is 43.5 Å². The summed E-state index contributed by atoms with van der Waals surface area (Å²) in [6.07, 6.45) is 7.79. The van der Waals surface area contributed by atoms with Crippen LogP contribution in [0.2, 0.25) is 25.7 Å². The molecule has 45 heavy (non-hydrogen) atoms. The standard InChI is InChI=1S/C32H46FN7O3SSi/c1-20-27(21(2)40(38-20)19-43-16-18-45(4,5)6)24-11-12-26(35-30(24)33)36-32(42)29(28(22-7-8-22)23-9-10-23)37-31(41)25-13-14-34-39(25)15-17-44-3/h11-14,22-23,28-29H,7-10,15-19H2,1-6H3,(H,37,41)(H,35,36,42)/t29-/m0/s1. The second-order valence-corrected chi connectivity index (χ2v) is 20.2. The molecule has 10 nitrogen and oxygen atoms in total. The van der Waals surface area contributed by atoms with E-state index in [2.05, 4.69) is 45.5 Å². The van der Waals surface area contributed by atoms with Crippen LogP contribution >= 0.6 is 11.8 Å². The summed E-state index contributed by atoms with van der Waals surface area (Å²) in [5.41, 5.74) is 2.86. The lowest BCUT2D eigenvalue weighted by atomic mass is 9.88. The molecule has 244 valence electrons. The Hall–Kier alpha value is -3.03. The molecule has 3 aromatic heterocycles. The fourth-order valence-corrected chi connectivity index (χ4v) is 7.07. The molecule has 0 saturated heterocycles. The van der Waals surface area contributed by atoms with Crippen molar-refractivity contribution in [2.45, 2.75) is 84.5 Å². The molecular formula is C32H46FN7O3SSi. The van der Waals surface area contributed by atoms with Crippen molar-refractivity contribution in [3.8, 4) is 11.1 Å². The fraction of sp³-hybridized carbons (Fsp3) is 0.594. The van der Waals surface area contributed by atoms with Crippen molar-refractivity contribution in [1.82, 2.24) is 29.9 Å². The van der Waals surface area contributed by atoms with E-state index in [4.69, 9.17) is 4.74 Å². The summed E-state index contributed by atoms with van der Waals surface area (Å²) in [6.45, 7) is 12.2. The number of hydrogen-bond donors (Lipinski definition) is 2. The predicted octanol–water partition coefficient (Wildman–Crippen LogP) is 5.75. The molecule has 0 unspecified atom stereocenters. The molecule has 2 saturated carbocycles. The molecule has 2 amide bonds. The van der Waals surface area contributed by atoms with E-state index >= 15 is 4.39 Å². The lowest BCUT2D eigenvalue weighted by molar-refractivity contribution is -0.119. The van der Waals surface area contributed by atoms with Crippen LogP contribution in [-0.4, -0.2) is 69.1 Å². The zero-order chi connectivity index (χ0) is 32.3. The molecule has 0 radical (unpaired) electrons. The zero-order valence-corrected chi connectivity index (χ0v) is 29.0. The van der Waals surface area contributed by atoms with Crippen molar-refractivity contribution in [3.63, 3.8) is 0 Å². The summed E-state index contributed by atoms with van der Waals surface area (Å²) < 4.78 is 24.9. The number of carbonyl (C=O) groups is 2. The van der Waals surface area contributed by atoms with Gasteiger partial charge in [0.05, 0.1) is 12.2 Å². The molecule has 3 aromatic rings. The average molecular weight is 656 g/mol. The van der Waals surface area contributed by atoms with Gasteiger partial charge in [-0.05, 0) is 87.8 Å². The first-order valence-corrected chi connectivity index (χ1v) is 21.0. The van der Waals surface area contributed by atoms with Crippen LogP contribution < -0.4 is 10.6 Å². The quantitative estimate of drug-likeness (QED) is 0.115. The Labute approximate surface area is 270 Å². The molecule has 0 bridgehead atoms. The van der Waals surface area contributed by atoms with Gasteiger partial charge in [0.1, 0.15) is 24.3 Å². The summed E-state index contributed by atoms with van der Waals surface area (Å²) in [4.78, 5) is 31.4. The first kappa shape index (κ1) is 33.3. The van der Waals surface area contributed by atoms with E-state index in [0.29, 0.717) is 54.2 Å². The largest absolute Gasteiger partial charge is 0.360 e. The van der Waals surface area contributed by atoms with Crippen LogP contribution in [0.1, 0.15) is 47.6 Å². The predicted molar refractivity (Wildman–Crippen MR) is 178 cm³/mol. The van der Waals surface area contributed by atoms with Gasteiger partial charge in [-0.25, -0.2) is 9.67 Å². The Morgan fingerprint density at radius 2 is 1.82 bits per heavy atom. The van der Waals surface area contributed by atoms with Gasteiger partial charge in [0.2, 0.25) is 11.9 Å². The number of aromatic nitrogens is 5. The van der Waals surface area contributed by atoms with Gasteiger partial charge in [-0.1, -0.05) is 19.6 Å². The minimum Gasteiger partial charge on any atom is -0.360 e. The lowest BCUT2D eigenvalue weighted by Gasteiger charge is -2.27. The van der Waals surface area contributed by atoms with Crippen LogP contribution in [0.3, 0.4) is 0 Å². The van der Waals surface area contributed by atoms with Crippen LogP contribution in [0.25, 0.3) is 11.1 Å². The van der Waals surface area contributed by atoms with Crippen LogP contribution in [0.5, 0.6) is 0 Å². The van der Waals surface area contributed by atoms with Crippen molar-refractivity contribution in [2.24, 2.45) is 17.8 Å². The summed E-state index contributed by atoms with van der Waals surface area (Å²) in [7, 11) is -1.21. The molecule has 2 fully saturated rings. The van der Waals surface area contributed by atoms with Gasteiger partial charge in [0.15, 0.2) is 0 Å². The normalized spacial score (nSPS) is 15.8. The molecule has 2 aliphatic rings. The minimum atomic E-state index is -1.21. The van der Waals surface area contributed by atoms with Crippen LogP contribution in [-0.2, 0) is 22.8 Å². The van der Waals surface area contributed by atoms with Gasteiger partial charge < -0.3 is 15.4 Å². The van der Waals surface area contributed by atoms with E-state index in [9.17, 15) is 9.59 Å². The summed E-state index contributed by atoms with van der Waals surface area (Å²) in [6, 6.07) is 5.21. The number of carbonyl (C=O) groups excluding carboxylic acids is 2. The van der Waals surface area contributed by atoms with E-state index in [1.54, 1.807) is 45.5 Å². The number of anilines is 1. The molecular weight excluding hydrogens is 610 g/mol. The van der Waals surface area contributed by atoms with Crippen LogP contribution in [0.15, 0.2) is 24.4 Å². The summed E-state index contributed by atoms with van der Waals surface area (Å²) >= 11 is 1.67. The van der Waals surface area contributed by atoms with Crippen molar-refractivity contribution in [2.75, 3.05) is 23.9 Å². The van der Waals surface area contributed by atoms with E-state index < -0.39 is 20.1 Å². The van der Waals surface area contributed by atoms with Crippen LogP contribution in [0.4, 0.5) is 10.2 Å². The highest BCUT2D eigenvalue weighted by Crippen LogP contribution is 2.51. The number of nitrogens with zero attached hydrogens (tertiary/aromatic N) is 5. The van der Waals surface area contributed by atoms with E-state index in [0.717, 1.165) is 43.2 Å². The SMILES string of the molecule is CSCCn1nccc1C(=O)N[C@H](C(=O)Nc1ccc(-c2c(C)nn(COCC[Si](C)(C)C)c2C)c(F)n1)C(C1CC1)C1CC1. The maximum Gasteiger partial charge on any atom is 0.270 e. The third kappa shape index (κ3) is 8.42. The Kier molecular flexibility index (Phi) is 10.5. The first-order chi connectivity index (χ1) is 21.5. The number of amides is 2. The Bertz CT molecular complexity index is 1500. The molecule has 2 aliphatic carbocycles. The maximum absolute atomic E-state index is 15.6.